The second-order valence-electron chi connectivity index (χ2n) is 3.98. The van der Waals surface area contributed by atoms with Crippen LogP contribution in [0.25, 0.3) is 0 Å². The van der Waals surface area contributed by atoms with Gasteiger partial charge in [-0.2, -0.15) is 0 Å². The van der Waals surface area contributed by atoms with Crippen molar-refractivity contribution < 1.29 is 4.74 Å². The van der Waals surface area contributed by atoms with Gasteiger partial charge in [-0.3, -0.25) is 0 Å². The van der Waals surface area contributed by atoms with E-state index in [4.69, 9.17) is 10.5 Å². The Morgan fingerprint density at radius 2 is 2.00 bits per heavy atom. The zero-order chi connectivity index (χ0) is 8.32. The lowest BCUT2D eigenvalue weighted by Crippen LogP contribution is -2.46. The third kappa shape index (κ3) is 2.46. The second kappa shape index (κ2) is 3.55. The van der Waals surface area contributed by atoms with Crippen LogP contribution in [0.1, 0.15) is 32.6 Å². The topological polar surface area (TPSA) is 35.2 Å². The first kappa shape index (κ1) is 9.01. The molecular weight excluding hydrogens is 138 g/mol. The van der Waals surface area contributed by atoms with Gasteiger partial charge in [0, 0.05) is 12.6 Å². The summed E-state index contributed by atoms with van der Waals surface area (Å²) >= 11 is 0. The summed E-state index contributed by atoms with van der Waals surface area (Å²) in [5.74, 6) is 0.864. The lowest BCUT2D eigenvalue weighted by molar-refractivity contribution is 0.0975. The van der Waals surface area contributed by atoms with Crippen LogP contribution in [0.5, 0.6) is 0 Å². The standard InChI is InChI=1S/C9H19NO/c1-8-3-5-9(10,6-4-8)7-11-2/h8H,3-7,10H2,1-2H3. The van der Waals surface area contributed by atoms with Crippen LogP contribution in [-0.2, 0) is 4.74 Å². The molecule has 11 heavy (non-hydrogen) atoms. The molecule has 0 unspecified atom stereocenters. The first-order chi connectivity index (χ1) is 5.16. The fourth-order valence-electron chi connectivity index (χ4n) is 1.77. The highest BCUT2D eigenvalue weighted by atomic mass is 16.5. The second-order valence-corrected chi connectivity index (χ2v) is 3.98. The summed E-state index contributed by atoms with van der Waals surface area (Å²) in [6.45, 7) is 3.02. The molecule has 1 aliphatic rings. The number of rotatable bonds is 2. The highest BCUT2D eigenvalue weighted by molar-refractivity contribution is 4.88. The zero-order valence-electron chi connectivity index (χ0n) is 7.60. The molecule has 0 aliphatic heterocycles. The molecule has 0 aromatic carbocycles. The maximum absolute atomic E-state index is 6.11. The van der Waals surface area contributed by atoms with E-state index in [0.717, 1.165) is 25.4 Å². The fourth-order valence-corrected chi connectivity index (χ4v) is 1.77. The molecule has 0 atom stereocenters. The Kier molecular flexibility index (Phi) is 2.90. The maximum Gasteiger partial charge on any atom is 0.0642 e. The van der Waals surface area contributed by atoms with E-state index >= 15 is 0 Å². The van der Waals surface area contributed by atoms with E-state index in [1.54, 1.807) is 7.11 Å². The van der Waals surface area contributed by atoms with Crippen molar-refractivity contribution in [1.82, 2.24) is 0 Å². The van der Waals surface area contributed by atoms with Crippen LogP contribution >= 0.6 is 0 Å². The highest BCUT2D eigenvalue weighted by Crippen LogP contribution is 2.29. The molecule has 0 heterocycles. The third-order valence-electron chi connectivity index (χ3n) is 2.70. The van der Waals surface area contributed by atoms with Gasteiger partial charge in [0.15, 0.2) is 0 Å². The minimum absolute atomic E-state index is 0.0126. The van der Waals surface area contributed by atoms with Crippen LogP contribution < -0.4 is 5.73 Å². The molecule has 0 saturated heterocycles. The van der Waals surface area contributed by atoms with Gasteiger partial charge in [0.1, 0.15) is 0 Å². The van der Waals surface area contributed by atoms with Gasteiger partial charge in [-0.05, 0) is 31.6 Å². The molecule has 0 spiro atoms. The molecule has 1 fully saturated rings. The van der Waals surface area contributed by atoms with Crippen LogP contribution in [0.2, 0.25) is 0 Å². The Morgan fingerprint density at radius 3 is 2.45 bits per heavy atom. The summed E-state index contributed by atoms with van der Waals surface area (Å²) in [7, 11) is 1.73. The van der Waals surface area contributed by atoms with Gasteiger partial charge in [0.05, 0.1) is 6.61 Å². The largest absolute Gasteiger partial charge is 0.383 e. The van der Waals surface area contributed by atoms with Crippen molar-refractivity contribution in [3.8, 4) is 0 Å². The lowest BCUT2D eigenvalue weighted by Gasteiger charge is -2.35. The van der Waals surface area contributed by atoms with Gasteiger partial charge >= 0.3 is 0 Å². The first-order valence-electron chi connectivity index (χ1n) is 4.44. The molecule has 2 N–H and O–H groups in total. The predicted molar refractivity (Wildman–Crippen MR) is 46.4 cm³/mol. The van der Waals surface area contributed by atoms with E-state index in [-0.39, 0.29) is 5.54 Å². The molecule has 0 bridgehead atoms. The van der Waals surface area contributed by atoms with E-state index in [9.17, 15) is 0 Å². The SMILES string of the molecule is COCC1(N)CCC(C)CC1. The molecule has 2 heteroatoms. The van der Waals surface area contributed by atoms with Crippen LogP contribution in [-0.4, -0.2) is 19.3 Å². The van der Waals surface area contributed by atoms with E-state index in [1.165, 1.54) is 12.8 Å². The van der Waals surface area contributed by atoms with Crippen molar-refractivity contribution in [2.24, 2.45) is 11.7 Å². The molecule has 1 saturated carbocycles. The van der Waals surface area contributed by atoms with Gasteiger partial charge < -0.3 is 10.5 Å². The Labute approximate surface area is 69.1 Å². The van der Waals surface area contributed by atoms with Gasteiger partial charge in [-0.15, -0.1) is 0 Å². The molecular formula is C9H19NO. The van der Waals surface area contributed by atoms with Crippen molar-refractivity contribution in [2.75, 3.05) is 13.7 Å². The molecule has 0 aromatic rings. The third-order valence-corrected chi connectivity index (χ3v) is 2.70. The first-order valence-corrected chi connectivity index (χ1v) is 4.44. The fraction of sp³-hybridized carbons (Fsp3) is 1.00. The Balaban J connectivity index is 2.35. The van der Waals surface area contributed by atoms with Crippen LogP contribution in [0.4, 0.5) is 0 Å². The molecule has 66 valence electrons. The van der Waals surface area contributed by atoms with Crippen LogP contribution in [0.3, 0.4) is 0 Å². The molecule has 0 amide bonds. The molecule has 0 aromatic heterocycles. The number of nitrogens with two attached hydrogens (primary N) is 1. The Morgan fingerprint density at radius 1 is 1.45 bits per heavy atom. The van der Waals surface area contributed by atoms with Gasteiger partial charge in [-0.25, -0.2) is 0 Å². The van der Waals surface area contributed by atoms with Gasteiger partial charge in [0.25, 0.3) is 0 Å². The summed E-state index contributed by atoms with van der Waals surface area (Å²) in [6.07, 6.45) is 4.78. The van der Waals surface area contributed by atoms with Gasteiger partial charge in [-0.1, -0.05) is 6.92 Å². The minimum Gasteiger partial charge on any atom is -0.383 e. The lowest BCUT2D eigenvalue weighted by atomic mass is 9.78. The molecule has 2 nitrogen and oxygen atoms in total. The summed E-state index contributed by atoms with van der Waals surface area (Å²) < 4.78 is 5.09. The zero-order valence-corrected chi connectivity index (χ0v) is 7.60. The number of ether oxygens (including phenoxy) is 1. The quantitative estimate of drug-likeness (QED) is 0.660. The minimum atomic E-state index is -0.0126. The van der Waals surface area contributed by atoms with Crippen molar-refractivity contribution >= 4 is 0 Å². The Hall–Kier alpha value is -0.0800. The summed E-state index contributed by atoms with van der Waals surface area (Å²) in [5, 5.41) is 0. The number of hydrogen-bond donors (Lipinski definition) is 1. The average Bonchev–Trinajstić information content (AvgIpc) is 1.97. The summed E-state index contributed by atoms with van der Waals surface area (Å²) in [5.41, 5.74) is 6.09. The van der Waals surface area contributed by atoms with Crippen LogP contribution in [0.15, 0.2) is 0 Å². The monoisotopic (exact) mass is 157 g/mol. The van der Waals surface area contributed by atoms with E-state index < -0.39 is 0 Å². The summed E-state index contributed by atoms with van der Waals surface area (Å²) in [6, 6.07) is 0. The molecule has 1 rings (SSSR count). The Bertz CT molecular complexity index is 117. The summed E-state index contributed by atoms with van der Waals surface area (Å²) in [4.78, 5) is 0. The normalized spacial score (nSPS) is 39.0. The molecule has 1 aliphatic carbocycles. The maximum atomic E-state index is 6.11. The smallest absolute Gasteiger partial charge is 0.0642 e. The van der Waals surface area contributed by atoms with E-state index in [0.29, 0.717) is 0 Å². The number of hydrogen-bond acceptors (Lipinski definition) is 2. The predicted octanol–water partition coefficient (Wildman–Crippen LogP) is 1.54. The average molecular weight is 157 g/mol. The van der Waals surface area contributed by atoms with E-state index in [1.807, 2.05) is 0 Å². The highest BCUT2D eigenvalue weighted by Gasteiger charge is 2.29. The van der Waals surface area contributed by atoms with Crippen LogP contribution in [0, 0.1) is 5.92 Å². The van der Waals surface area contributed by atoms with E-state index in [2.05, 4.69) is 6.92 Å². The van der Waals surface area contributed by atoms with Gasteiger partial charge in [0.2, 0.25) is 0 Å². The van der Waals surface area contributed by atoms with Crippen molar-refractivity contribution in [3.05, 3.63) is 0 Å². The van der Waals surface area contributed by atoms with Crippen molar-refractivity contribution in [2.45, 2.75) is 38.1 Å². The number of methoxy groups -OCH3 is 1. The van der Waals surface area contributed by atoms with Crippen molar-refractivity contribution in [1.29, 1.82) is 0 Å². The van der Waals surface area contributed by atoms with Crippen molar-refractivity contribution in [3.63, 3.8) is 0 Å². The molecule has 0 radical (unpaired) electrons.